The highest BCUT2D eigenvalue weighted by atomic mass is 16.5. The van der Waals surface area contributed by atoms with E-state index < -0.39 is 5.54 Å². The fourth-order valence-electron chi connectivity index (χ4n) is 2.85. The zero-order valence-electron chi connectivity index (χ0n) is 13.7. The van der Waals surface area contributed by atoms with E-state index in [4.69, 9.17) is 14.2 Å². The van der Waals surface area contributed by atoms with Crippen molar-refractivity contribution in [1.29, 1.82) is 0 Å². The van der Waals surface area contributed by atoms with E-state index in [2.05, 4.69) is 13.8 Å². The van der Waals surface area contributed by atoms with Crippen LogP contribution >= 0.6 is 0 Å². The minimum absolute atomic E-state index is 0.116. The number of rotatable bonds is 7. The van der Waals surface area contributed by atoms with E-state index in [0.29, 0.717) is 12.5 Å². The van der Waals surface area contributed by atoms with Crippen molar-refractivity contribution in [3.05, 3.63) is 0 Å². The van der Waals surface area contributed by atoms with Gasteiger partial charge in [0.05, 0.1) is 39.3 Å². The van der Waals surface area contributed by atoms with E-state index in [1.807, 2.05) is 11.8 Å². The molecule has 1 aliphatic heterocycles. The van der Waals surface area contributed by atoms with E-state index in [-0.39, 0.29) is 31.1 Å². The second-order valence-corrected chi connectivity index (χ2v) is 5.73. The molecule has 2 atom stereocenters. The molecule has 0 saturated carbocycles. The molecule has 0 aliphatic carbocycles. The molecule has 1 aliphatic rings. The van der Waals surface area contributed by atoms with Gasteiger partial charge in [0.1, 0.15) is 6.23 Å². The highest BCUT2D eigenvalue weighted by Crippen LogP contribution is 2.35. The molecule has 0 bridgehead atoms. The summed E-state index contributed by atoms with van der Waals surface area (Å²) in [6.45, 7) is 6.65. The summed E-state index contributed by atoms with van der Waals surface area (Å²) in [7, 11) is 2.73. The third kappa shape index (κ3) is 4.17. The Hall–Kier alpha value is -1.14. The Balaban J connectivity index is 2.97. The standard InChI is InChI=1S/C15H27NO5/c1-6-11(7-2)14-16(9-13(18)20-5)15(3,10-21-14)8-12(17)19-4/h11,14H,6-10H2,1-5H3/t14-,15-/m1/s1. The van der Waals surface area contributed by atoms with E-state index in [0.717, 1.165) is 12.8 Å². The number of esters is 2. The van der Waals surface area contributed by atoms with Gasteiger partial charge in [-0.15, -0.1) is 0 Å². The van der Waals surface area contributed by atoms with Crippen molar-refractivity contribution < 1.29 is 23.8 Å². The molecule has 122 valence electrons. The van der Waals surface area contributed by atoms with E-state index >= 15 is 0 Å². The third-order valence-electron chi connectivity index (χ3n) is 4.30. The summed E-state index contributed by atoms with van der Waals surface area (Å²) in [4.78, 5) is 25.3. The van der Waals surface area contributed by atoms with Gasteiger partial charge in [0, 0.05) is 0 Å². The zero-order valence-corrected chi connectivity index (χ0v) is 13.7. The Labute approximate surface area is 126 Å². The predicted molar refractivity (Wildman–Crippen MR) is 77.6 cm³/mol. The summed E-state index contributed by atoms with van der Waals surface area (Å²) in [6, 6.07) is 0. The molecule has 21 heavy (non-hydrogen) atoms. The molecule has 6 nitrogen and oxygen atoms in total. The second kappa shape index (κ2) is 7.75. The molecule has 1 rings (SSSR count). The van der Waals surface area contributed by atoms with Crippen LogP contribution in [0.3, 0.4) is 0 Å². The largest absolute Gasteiger partial charge is 0.469 e. The molecular formula is C15H27NO5. The quantitative estimate of drug-likeness (QED) is 0.665. The first-order chi connectivity index (χ1) is 9.91. The predicted octanol–water partition coefficient (Wildman–Crippen LogP) is 1.58. The molecule has 0 unspecified atom stereocenters. The number of carbonyl (C=O) groups excluding carboxylic acids is 2. The molecule has 1 heterocycles. The summed E-state index contributed by atoms with van der Waals surface area (Å²) in [5, 5.41) is 0. The monoisotopic (exact) mass is 301 g/mol. The molecule has 0 spiro atoms. The lowest BCUT2D eigenvalue weighted by atomic mass is 9.94. The van der Waals surface area contributed by atoms with Gasteiger partial charge in [0.25, 0.3) is 0 Å². The lowest BCUT2D eigenvalue weighted by molar-refractivity contribution is -0.149. The maximum absolute atomic E-state index is 11.7. The van der Waals surface area contributed by atoms with Gasteiger partial charge in [-0.3, -0.25) is 14.5 Å². The van der Waals surface area contributed by atoms with Gasteiger partial charge in [-0.05, 0) is 25.7 Å². The van der Waals surface area contributed by atoms with Gasteiger partial charge in [0.2, 0.25) is 0 Å². The Morgan fingerprint density at radius 1 is 1.24 bits per heavy atom. The van der Waals surface area contributed by atoms with Crippen molar-refractivity contribution in [2.24, 2.45) is 5.92 Å². The second-order valence-electron chi connectivity index (χ2n) is 5.73. The van der Waals surface area contributed by atoms with Crippen LogP contribution in [0.25, 0.3) is 0 Å². The third-order valence-corrected chi connectivity index (χ3v) is 4.30. The van der Waals surface area contributed by atoms with Crippen molar-refractivity contribution >= 4 is 11.9 Å². The molecule has 0 aromatic heterocycles. The summed E-state index contributed by atoms with van der Waals surface area (Å²) in [6.07, 6.45) is 1.92. The van der Waals surface area contributed by atoms with E-state index in [1.54, 1.807) is 0 Å². The Morgan fingerprint density at radius 3 is 2.29 bits per heavy atom. The van der Waals surface area contributed by atoms with Crippen LogP contribution in [-0.4, -0.2) is 56.0 Å². The zero-order chi connectivity index (χ0) is 16.0. The molecular weight excluding hydrogens is 274 g/mol. The van der Waals surface area contributed by atoms with Crippen LogP contribution in [0.5, 0.6) is 0 Å². The maximum Gasteiger partial charge on any atom is 0.319 e. The number of methoxy groups -OCH3 is 2. The lowest BCUT2D eigenvalue weighted by Gasteiger charge is -2.37. The Bertz CT molecular complexity index is 369. The van der Waals surface area contributed by atoms with Gasteiger partial charge in [-0.1, -0.05) is 13.8 Å². The van der Waals surface area contributed by atoms with Crippen molar-refractivity contribution in [3.63, 3.8) is 0 Å². The van der Waals surface area contributed by atoms with Crippen LogP contribution in [0.4, 0.5) is 0 Å². The Morgan fingerprint density at radius 2 is 1.81 bits per heavy atom. The highest BCUT2D eigenvalue weighted by molar-refractivity contribution is 5.73. The number of hydrogen-bond donors (Lipinski definition) is 0. The summed E-state index contributed by atoms with van der Waals surface area (Å²) < 4.78 is 15.5. The molecule has 0 N–H and O–H groups in total. The van der Waals surface area contributed by atoms with E-state index in [9.17, 15) is 9.59 Å². The fraction of sp³-hybridized carbons (Fsp3) is 0.867. The molecule has 0 aromatic carbocycles. The number of nitrogens with zero attached hydrogens (tertiary/aromatic N) is 1. The molecule has 6 heteroatoms. The van der Waals surface area contributed by atoms with Gasteiger partial charge in [-0.25, -0.2) is 0 Å². The minimum atomic E-state index is -0.547. The smallest absolute Gasteiger partial charge is 0.319 e. The SMILES string of the molecule is CCC(CC)[C@H]1OC[C@@](C)(CC(=O)OC)N1CC(=O)OC. The molecule has 0 amide bonds. The molecule has 1 saturated heterocycles. The molecule has 1 fully saturated rings. The van der Waals surface area contributed by atoms with Crippen LogP contribution in [-0.2, 0) is 23.8 Å². The number of ether oxygens (including phenoxy) is 3. The highest BCUT2D eigenvalue weighted by Gasteiger charge is 2.48. The van der Waals surface area contributed by atoms with E-state index in [1.165, 1.54) is 14.2 Å². The van der Waals surface area contributed by atoms with Gasteiger partial charge in [0.15, 0.2) is 0 Å². The van der Waals surface area contributed by atoms with Crippen molar-refractivity contribution in [1.82, 2.24) is 4.90 Å². The van der Waals surface area contributed by atoms with Crippen LogP contribution in [0, 0.1) is 5.92 Å². The van der Waals surface area contributed by atoms with Crippen LogP contribution in [0.2, 0.25) is 0 Å². The summed E-state index contributed by atoms with van der Waals surface area (Å²) in [5.74, 6) is -0.317. The average Bonchev–Trinajstić information content (AvgIpc) is 2.78. The van der Waals surface area contributed by atoms with Crippen molar-refractivity contribution in [3.8, 4) is 0 Å². The Kier molecular flexibility index (Phi) is 6.61. The number of carbonyl (C=O) groups is 2. The summed E-state index contributed by atoms with van der Waals surface area (Å²) >= 11 is 0. The van der Waals surface area contributed by atoms with Gasteiger partial charge < -0.3 is 14.2 Å². The van der Waals surface area contributed by atoms with Crippen LogP contribution in [0.15, 0.2) is 0 Å². The maximum atomic E-state index is 11.7. The minimum Gasteiger partial charge on any atom is -0.469 e. The summed E-state index contributed by atoms with van der Waals surface area (Å²) in [5.41, 5.74) is -0.547. The molecule has 0 aromatic rings. The topological polar surface area (TPSA) is 65.1 Å². The lowest BCUT2D eigenvalue weighted by Crippen LogP contribution is -2.52. The van der Waals surface area contributed by atoms with Gasteiger partial charge in [-0.2, -0.15) is 0 Å². The van der Waals surface area contributed by atoms with Crippen LogP contribution in [0.1, 0.15) is 40.0 Å². The normalized spacial score (nSPS) is 26.1. The van der Waals surface area contributed by atoms with Gasteiger partial charge >= 0.3 is 11.9 Å². The first kappa shape index (κ1) is 17.9. The van der Waals surface area contributed by atoms with Crippen molar-refractivity contribution in [2.45, 2.75) is 51.8 Å². The first-order valence-electron chi connectivity index (χ1n) is 7.43. The molecule has 0 radical (unpaired) electrons. The number of hydrogen-bond acceptors (Lipinski definition) is 6. The van der Waals surface area contributed by atoms with Crippen molar-refractivity contribution in [2.75, 3.05) is 27.4 Å². The fourth-order valence-corrected chi connectivity index (χ4v) is 2.85. The first-order valence-corrected chi connectivity index (χ1v) is 7.43. The average molecular weight is 301 g/mol. The van der Waals surface area contributed by atoms with Crippen LogP contribution < -0.4 is 0 Å².